The average molecular weight is 307 g/mol. The molecule has 0 aromatic carbocycles. The van der Waals surface area contributed by atoms with Crippen molar-refractivity contribution in [2.24, 2.45) is 5.73 Å². The van der Waals surface area contributed by atoms with E-state index in [4.69, 9.17) is 10.8 Å². The molecule has 0 fully saturated rings. The molecule has 0 saturated carbocycles. The lowest BCUT2D eigenvalue weighted by atomic mass is 10.2. The Labute approximate surface area is 107 Å². The predicted molar refractivity (Wildman–Crippen MR) is 68.6 cm³/mol. The summed E-state index contributed by atoms with van der Waals surface area (Å²) < 4.78 is 1.09. The van der Waals surface area contributed by atoms with E-state index in [2.05, 4.69) is 26.9 Å². The highest BCUT2D eigenvalue weighted by Gasteiger charge is 2.12. The van der Waals surface area contributed by atoms with Crippen molar-refractivity contribution in [2.45, 2.75) is 19.0 Å². The second kappa shape index (κ2) is 6.34. The van der Waals surface area contributed by atoms with Crippen LogP contribution in [0, 0.1) is 0 Å². The maximum atomic E-state index is 10.5. The molecule has 1 aromatic rings. The summed E-state index contributed by atoms with van der Waals surface area (Å²) in [6.45, 7) is 1.51. The molecule has 1 atom stereocenters. The first kappa shape index (κ1) is 13.6. The Bertz CT molecular complexity index is 356. The maximum Gasteiger partial charge on any atom is 0.320 e. The molecule has 0 amide bonds. The molecule has 0 aliphatic rings. The molecule has 0 radical (unpaired) electrons. The minimum absolute atomic E-state index is 0.471. The minimum Gasteiger partial charge on any atom is -0.480 e. The zero-order valence-electron chi connectivity index (χ0n) is 9.02. The highest BCUT2D eigenvalue weighted by molar-refractivity contribution is 9.10. The predicted octanol–water partition coefficient (Wildman–Crippen LogP) is 1.74. The van der Waals surface area contributed by atoms with Crippen LogP contribution in [0.4, 0.5) is 0 Å². The summed E-state index contributed by atoms with van der Waals surface area (Å²) in [5.41, 5.74) is 5.43. The fourth-order valence-electron chi connectivity index (χ4n) is 1.26. The van der Waals surface area contributed by atoms with Gasteiger partial charge in [0.2, 0.25) is 0 Å². The molecular formula is C10H15BrN2O2S. The van der Waals surface area contributed by atoms with Crippen molar-refractivity contribution in [1.29, 1.82) is 0 Å². The molecule has 1 aromatic heterocycles. The fourth-order valence-corrected chi connectivity index (χ4v) is 2.79. The molecule has 6 heteroatoms. The van der Waals surface area contributed by atoms with Crippen LogP contribution in [-0.2, 0) is 11.3 Å². The zero-order chi connectivity index (χ0) is 12.1. The first-order valence-electron chi connectivity index (χ1n) is 4.89. The summed E-state index contributed by atoms with van der Waals surface area (Å²) >= 11 is 5.08. The Kier molecular flexibility index (Phi) is 5.40. The Balaban J connectivity index is 2.31. The van der Waals surface area contributed by atoms with E-state index in [1.54, 1.807) is 11.3 Å². The monoisotopic (exact) mass is 306 g/mol. The number of aliphatic carboxylic acids is 1. The second-order valence-electron chi connectivity index (χ2n) is 3.70. The number of nitrogens with zero attached hydrogens (tertiary/aromatic N) is 1. The van der Waals surface area contributed by atoms with E-state index in [0.717, 1.165) is 11.0 Å². The summed E-state index contributed by atoms with van der Waals surface area (Å²) in [4.78, 5) is 13.8. The third-order valence-corrected chi connectivity index (χ3v) is 3.87. The molecule has 0 saturated heterocycles. The molecule has 1 rings (SSSR count). The van der Waals surface area contributed by atoms with Gasteiger partial charge in [0.1, 0.15) is 6.04 Å². The number of carbonyl (C=O) groups is 1. The van der Waals surface area contributed by atoms with Crippen molar-refractivity contribution in [3.63, 3.8) is 0 Å². The largest absolute Gasteiger partial charge is 0.480 e. The number of hydrogen-bond acceptors (Lipinski definition) is 4. The summed E-state index contributed by atoms with van der Waals surface area (Å²) in [7, 11) is 1.96. The van der Waals surface area contributed by atoms with Gasteiger partial charge in [0.25, 0.3) is 0 Å². The summed E-state index contributed by atoms with van der Waals surface area (Å²) in [6, 6.07) is 1.30. The molecular weight excluding hydrogens is 292 g/mol. The van der Waals surface area contributed by atoms with Crippen LogP contribution >= 0.6 is 27.3 Å². The van der Waals surface area contributed by atoms with Gasteiger partial charge in [-0.25, -0.2) is 0 Å². The van der Waals surface area contributed by atoms with Crippen LogP contribution < -0.4 is 5.73 Å². The number of rotatable bonds is 6. The van der Waals surface area contributed by atoms with E-state index in [-0.39, 0.29) is 0 Å². The Morgan fingerprint density at radius 2 is 2.44 bits per heavy atom. The third kappa shape index (κ3) is 4.61. The quantitative estimate of drug-likeness (QED) is 0.840. The van der Waals surface area contributed by atoms with Gasteiger partial charge in [-0.1, -0.05) is 0 Å². The van der Waals surface area contributed by atoms with Crippen molar-refractivity contribution < 1.29 is 9.90 Å². The molecule has 0 aliphatic heterocycles. The number of carboxylic acid groups (broad SMARTS) is 1. The van der Waals surface area contributed by atoms with Gasteiger partial charge in [0.15, 0.2) is 0 Å². The highest BCUT2D eigenvalue weighted by atomic mass is 79.9. The molecule has 1 unspecified atom stereocenters. The number of carboxylic acids is 1. The van der Waals surface area contributed by atoms with Crippen LogP contribution in [0.1, 0.15) is 11.3 Å². The van der Waals surface area contributed by atoms with Crippen molar-refractivity contribution in [2.75, 3.05) is 13.6 Å². The van der Waals surface area contributed by atoms with Crippen molar-refractivity contribution in [3.8, 4) is 0 Å². The van der Waals surface area contributed by atoms with Crippen LogP contribution in [-0.4, -0.2) is 35.6 Å². The van der Waals surface area contributed by atoms with Crippen LogP contribution in [0.3, 0.4) is 0 Å². The van der Waals surface area contributed by atoms with E-state index in [1.165, 1.54) is 4.88 Å². The van der Waals surface area contributed by atoms with Crippen LogP contribution in [0.5, 0.6) is 0 Å². The van der Waals surface area contributed by atoms with E-state index in [9.17, 15) is 4.79 Å². The summed E-state index contributed by atoms with van der Waals surface area (Å²) in [5, 5.41) is 10.7. The fraction of sp³-hybridized carbons (Fsp3) is 0.500. The van der Waals surface area contributed by atoms with Crippen LogP contribution in [0.25, 0.3) is 0 Å². The molecule has 3 N–H and O–H groups in total. The first-order valence-corrected chi connectivity index (χ1v) is 6.56. The molecule has 4 nitrogen and oxygen atoms in total. The smallest absolute Gasteiger partial charge is 0.320 e. The van der Waals surface area contributed by atoms with Crippen molar-refractivity contribution >= 4 is 33.2 Å². The lowest BCUT2D eigenvalue weighted by molar-refractivity contribution is -0.138. The molecule has 90 valence electrons. The molecule has 0 aliphatic carbocycles. The standard InChI is InChI=1S/C10H15BrN2O2S/c1-13(3-2-9(12)10(14)15)5-8-4-7(11)6-16-8/h4,6,9H,2-3,5,12H2,1H3,(H,14,15). The lowest BCUT2D eigenvalue weighted by Crippen LogP contribution is -2.34. The number of hydrogen-bond donors (Lipinski definition) is 2. The molecule has 1 heterocycles. The Morgan fingerprint density at radius 3 is 2.94 bits per heavy atom. The van der Waals surface area contributed by atoms with Crippen LogP contribution in [0.2, 0.25) is 0 Å². The van der Waals surface area contributed by atoms with Gasteiger partial charge in [0, 0.05) is 27.8 Å². The van der Waals surface area contributed by atoms with Gasteiger partial charge in [-0.05, 0) is 35.5 Å². The normalized spacial score (nSPS) is 13.0. The van der Waals surface area contributed by atoms with Gasteiger partial charge in [-0.2, -0.15) is 0 Å². The van der Waals surface area contributed by atoms with E-state index < -0.39 is 12.0 Å². The zero-order valence-corrected chi connectivity index (χ0v) is 11.4. The van der Waals surface area contributed by atoms with Crippen molar-refractivity contribution in [1.82, 2.24) is 4.90 Å². The second-order valence-corrected chi connectivity index (χ2v) is 5.61. The Hall–Kier alpha value is -0.430. The number of thiophene rings is 1. The average Bonchev–Trinajstić information content (AvgIpc) is 2.60. The molecule has 0 bridgehead atoms. The summed E-state index contributed by atoms with van der Waals surface area (Å²) in [6.07, 6.45) is 0.471. The maximum absolute atomic E-state index is 10.5. The van der Waals surface area contributed by atoms with E-state index in [0.29, 0.717) is 13.0 Å². The topological polar surface area (TPSA) is 66.6 Å². The number of halogens is 1. The molecule has 0 spiro atoms. The van der Waals surface area contributed by atoms with Gasteiger partial charge in [-0.15, -0.1) is 11.3 Å². The lowest BCUT2D eigenvalue weighted by Gasteiger charge is -2.16. The van der Waals surface area contributed by atoms with Gasteiger partial charge < -0.3 is 15.7 Å². The van der Waals surface area contributed by atoms with E-state index >= 15 is 0 Å². The minimum atomic E-state index is -0.938. The highest BCUT2D eigenvalue weighted by Crippen LogP contribution is 2.20. The van der Waals surface area contributed by atoms with Crippen molar-refractivity contribution in [3.05, 3.63) is 20.8 Å². The molecule has 16 heavy (non-hydrogen) atoms. The van der Waals surface area contributed by atoms with Gasteiger partial charge >= 0.3 is 5.97 Å². The van der Waals surface area contributed by atoms with Gasteiger partial charge in [0.05, 0.1) is 0 Å². The SMILES string of the molecule is CN(CCC(N)C(=O)O)Cc1cc(Br)cs1. The van der Waals surface area contributed by atoms with Crippen LogP contribution in [0.15, 0.2) is 15.9 Å². The first-order chi connectivity index (χ1) is 7.49. The van der Waals surface area contributed by atoms with Gasteiger partial charge in [-0.3, -0.25) is 4.79 Å². The van der Waals surface area contributed by atoms with E-state index in [1.807, 2.05) is 12.4 Å². The third-order valence-electron chi connectivity index (χ3n) is 2.19. The number of nitrogens with two attached hydrogens (primary N) is 1. The Morgan fingerprint density at radius 1 is 1.75 bits per heavy atom. The summed E-state index contributed by atoms with van der Waals surface area (Å²) in [5.74, 6) is -0.938.